The van der Waals surface area contributed by atoms with Gasteiger partial charge in [0.05, 0.1) is 0 Å². The quantitative estimate of drug-likeness (QED) is 0.204. The molecule has 0 aromatic rings. The van der Waals surface area contributed by atoms with Crippen LogP contribution in [0.2, 0.25) is 0 Å². The minimum absolute atomic E-state index is 0. The van der Waals surface area contributed by atoms with Crippen LogP contribution in [0.3, 0.4) is 0 Å². The summed E-state index contributed by atoms with van der Waals surface area (Å²) < 4.78 is 0. The molecule has 40 heteroatoms. The first-order valence-electron chi connectivity index (χ1n) is 0. The van der Waals surface area contributed by atoms with Crippen molar-refractivity contribution in [2.24, 2.45) is 0 Å². The molecule has 228 valence electrons. The van der Waals surface area contributed by atoms with Crippen molar-refractivity contribution >= 4 is 0 Å². The van der Waals surface area contributed by atoms with Crippen molar-refractivity contribution in [3.63, 3.8) is 0 Å². The number of rotatable bonds is 0. The SMILES string of the molecule is [Cr+6].[Mo].[Mo].[Mo].[Mo].[Mo].[Mo].[Na+].[Na+].[Na+].[Na+].[Na+].[Na+].[Na+].[Na+].[Na+].[O-2].[O-2].[O-2].[O-2].[O-2].[O-2].[O-2].[O-2].[O-2].[O-2].[O-2].[O-2].[O-2].[O-2].[O-2].[O-2].[O-2].[O-2].[O-2].[O-2].[O-2].[O-2].[O-2].[O-2]. The molecule has 0 spiro atoms. The van der Waals surface area contributed by atoms with Crippen LogP contribution in [0, 0.1) is 0 Å². The Morgan fingerprint density at radius 2 is 0.100 bits per heavy atom. The molecule has 40 heavy (non-hydrogen) atoms. The van der Waals surface area contributed by atoms with Gasteiger partial charge in [0.1, 0.15) is 0 Å². The van der Waals surface area contributed by atoms with Gasteiger partial charge < -0.3 is 131 Å². The van der Waals surface area contributed by atoms with E-state index in [0.717, 1.165) is 0 Å². The summed E-state index contributed by atoms with van der Waals surface area (Å²) in [7, 11) is 0. The predicted octanol–water partition coefficient (Wildman–Crippen LogP) is -29.8. The van der Waals surface area contributed by atoms with Crippen LogP contribution in [0.5, 0.6) is 0 Å². The van der Waals surface area contributed by atoms with E-state index in [1.165, 1.54) is 0 Å². The van der Waals surface area contributed by atoms with Crippen molar-refractivity contribution in [2.45, 2.75) is 0 Å². The van der Waals surface area contributed by atoms with Crippen LogP contribution in [0.4, 0.5) is 0 Å². The minimum atomic E-state index is 0. The van der Waals surface area contributed by atoms with Crippen LogP contribution in [0.25, 0.3) is 0 Å². The van der Waals surface area contributed by atoms with Gasteiger partial charge in [0.2, 0.25) is 0 Å². The maximum Gasteiger partial charge on any atom is 6.00 e. The molecule has 0 aliphatic carbocycles. The molecule has 0 rings (SSSR count). The van der Waals surface area contributed by atoms with Crippen molar-refractivity contribution in [2.75, 3.05) is 0 Å². The standard InChI is InChI=1S/Cr.6Mo.9Na.24O/q+6;;;;;;;9*+1;24*-2. The Bertz CT molecular complexity index is 58.8. The maximum absolute atomic E-state index is 0. The Morgan fingerprint density at radius 3 is 0.100 bits per heavy atom. The zero-order valence-corrected chi connectivity index (χ0v) is 53.0. The first-order chi connectivity index (χ1) is 0. The van der Waals surface area contributed by atoms with Crippen molar-refractivity contribution in [3.05, 3.63) is 0 Å². The van der Waals surface area contributed by atoms with Crippen molar-refractivity contribution < 1.29 is 541 Å². The van der Waals surface area contributed by atoms with Gasteiger partial charge >= 0.3 is 283 Å². The molecule has 0 aliphatic heterocycles. The average molecular weight is 1220 g/mol. The van der Waals surface area contributed by atoms with E-state index in [4.69, 9.17) is 0 Å². The second-order valence-electron chi connectivity index (χ2n) is 0. The molecule has 0 aromatic carbocycles. The molecule has 0 heterocycles. The fourth-order valence-corrected chi connectivity index (χ4v) is 0. The normalized spacial score (nSPS) is 0. The van der Waals surface area contributed by atoms with Crippen LogP contribution in [-0.2, 0) is 275 Å². The van der Waals surface area contributed by atoms with Crippen LogP contribution >= 0.6 is 0 Å². The van der Waals surface area contributed by atoms with Gasteiger partial charge in [-0.2, -0.15) is 0 Å². The third-order valence-corrected chi connectivity index (χ3v) is 0. The van der Waals surface area contributed by atoms with E-state index < -0.39 is 0 Å². The van der Waals surface area contributed by atoms with E-state index >= 15 is 0 Å². The molecule has 0 N–H and O–H groups in total. The molecule has 0 aromatic heterocycles. The molecule has 0 atom stereocenters. The average Bonchev–Trinajstić information content (AvgIpc) is 0. The molecule has 0 fully saturated rings. The summed E-state index contributed by atoms with van der Waals surface area (Å²) in [6, 6.07) is 0. The fourth-order valence-electron chi connectivity index (χ4n) is 0. The Balaban J connectivity index is 0. The molecule has 0 bridgehead atoms. The summed E-state index contributed by atoms with van der Waals surface area (Å²) in [6.45, 7) is 0. The second-order valence-corrected chi connectivity index (χ2v) is 0. The molecule has 0 aliphatic rings. The van der Waals surface area contributed by atoms with Gasteiger partial charge in [-0.3, -0.25) is 0 Å². The first kappa shape index (κ1) is 873. The molecule has 24 nitrogen and oxygen atoms in total. The largest absolute Gasteiger partial charge is 6.00 e. The van der Waals surface area contributed by atoms with Gasteiger partial charge in [0, 0.05) is 126 Å². The summed E-state index contributed by atoms with van der Waals surface area (Å²) >= 11 is 0. The second kappa shape index (κ2) is 824. The Kier molecular flexibility index (Phi) is 18000. The Morgan fingerprint density at radius 1 is 0.100 bits per heavy atom. The molecular weight excluding hydrogens is 1220 g/mol. The third kappa shape index (κ3) is 776. The topological polar surface area (TPSA) is 684 Å². The zero-order valence-electron chi connectivity index (χ0n) is 21.7. The van der Waals surface area contributed by atoms with Gasteiger partial charge in [-0.25, -0.2) is 0 Å². The van der Waals surface area contributed by atoms with Gasteiger partial charge in [-0.15, -0.1) is 0 Å². The summed E-state index contributed by atoms with van der Waals surface area (Å²) in [5.41, 5.74) is 0. The molecule has 0 unspecified atom stereocenters. The molecule has 0 saturated carbocycles. The molecule has 0 saturated heterocycles. The summed E-state index contributed by atoms with van der Waals surface area (Å²) in [5.74, 6) is 0. The molecular formula is CrMo6Na9O24-33. The monoisotopic (exact) mass is 1230 g/mol. The van der Waals surface area contributed by atoms with Crippen LogP contribution < -0.4 is 266 Å². The van der Waals surface area contributed by atoms with E-state index in [1.807, 2.05) is 0 Å². The van der Waals surface area contributed by atoms with Crippen molar-refractivity contribution in [3.8, 4) is 0 Å². The van der Waals surface area contributed by atoms with E-state index in [1.54, 1.807) is 0 Å². The third-order valence-electron chi connectivity index (χ3n) is 0. The van der Waals surface area contributed by atoms with E-state index in [2.05, 4.69) is 0 Å². The number of hydrogen-bond acceptors (Lipinski definition) is 0. The molecule has 0 radical (unpaired) electrons. The van der Waals surface area contributed by atoms with Crippen molar-refractivity contribution in [1.82, 2.24) is 0 Å². The minimum Gasteiger partial charge on any atom is -2.00 e. The van der Waals surface area contributed by atoms with Crippen LogP contribution in [-0.4, -0.2) is 0 Å². The van der Waals surface area contributed by atoms with Crippen LogP contribution in [0.15, 0.2) is 0 Å². The maximum atomic E-state index is 0. The van der Waals surface area contributed by atoms with E-state index in [0.29, 0.717) is 0 Å². The fraction of sp³-hybridized carbons (Fsp3) is 0. The van der Waals surface area contributed by atoms with Gasteiger partial charge in [0.25, 0.3) is 0 Å². The molecule has 0 amide bonds. The summed E-state index contributed by atoms with van der Waals surface area (Å²) in [4.78, 5) is 0. The van der Waals surface area contributed by atoms with Gasteiger partial charge in [0.15, 0.2) is 0 Å². The Labute approximate surface area is 528 Å². The Hall–Kier alpha value is 12.7. The van der Waals surface area contributed by atoms with Crippen LogP contribution in [0.1, 0.15) is 0 Å². The van der Waals surface area contributed by atoms with E-state index in [-0.39, 0.29) is 541 Å². The zero-order chi connectivity index (χ0) is 0. The smallest absolute Gasteiger partial charge is 2.00 e. The first-order valence-corrected chi connectivity index (χ1v) is 0. The van der Waals surface area contributed by atoms with Gasteiger partial charge in [-0.05, 0) is 0 Å². The van der Waals surface area contributed by atoms with E-state index in [9.17, 15) is 0 Å². The number of hydrogen-bond donors (Lipinski definition) is 0. The van der Waals surface area contributed by atoms with Crippen molar-refractivity contribution in [1.29, 1.82) is 0 Å². The van der Waals surface area contributed by atoms with Gasteiger partial charge in [-0.1, -0.05) is 0 Å². The summed E-state index contributed by atoms with van der Waals surface area (Å²) in [5, 5.41) is 0. The predicted molar refractivity (Wildman–Crippen MR) is 16.5 cm³/mol. The summed E-state index contributed by atoms with van der Waals surface area (Å²) in [6.07, 6.45) is 0.